The van der Waals surface area contributed by atoms with Crippen molar-refractivity contribution < 1.29 is 4.42 Å². The Morgan fingerprint density at radius 3 is 2.41 bits per heavy atom. The summed E-state index contributed by atoms with van der Waals surface area (Å²) in [4.78, 5) is 0. The first-order valence-electron chi connectivity index (χ1n) is 4.69. The molecule has 0 aliphatic carbocycles. The summed E-state index contributed by atoms with van der Waals surface area (Å²) in [7, 11) is 0. The molecule has 0 unspecified atom stereocenters. The smallest absolute Gasteiger partial charge is 0.183 e. The molecular weight excluding hydrogens is 482 g/mol. The van der Waals surface area contributed by atoms with Crippen molar-refractivity contribution in [3.63, 3.8) is 0 Å². The molecule has 2 rings (SSSR count). The van der Waals surface area contributed by atoms with Crippen LogP contribution in [0.3, 0.4) is 0 Å². The fourth-order valence-electron chi connectivity index (χ4n) is 1.29. The summed E-state index contributed by atoms with van der Waals surface area (Å²) in [5.41, 5.74) is 1.02. The maximum atomic E-state index is 5.49. The fourth-order valence-corrected chi connectivity index (χ4v) is 2.70. The van der Waals surface area contributed by atoms with E-state index in [1.165, 1.54) is 0 Å². The molecule has 0 saturated heterocycles. The van der Waals surface area contributed by atoms with Gasteiger partial charge in [-0.05, 0) is 72.1 Å². The number of hydrogen-bond acceptors (Lipinski definition) is 2. The Balaban J connectivity index is 2.09. The number of rotatable bonds is 3. The van der Waals surface area contributed by atoms with Crippen molar-refractivity contribution in [3.8, 4) is 0 Å². The van der Waals surface area contributed by atoms with E-state index in [0.717, 1.165) is 24.9 Å². The number of furan rings is 1. The Morgan fingerprint density at radius 1 is 1.00 bits per heavy atom. The molecule has 6 heteroatoms. The molecule has 1 heterocycles. The molecule has 1 aromatic heterocycles. The number of halogens is 4. The second kappa shape index (κ2) is 5.91. The van der Waals surface area contributed by atoms with Gasteiger partial charge in [0.1, 0.15) is 5.76 Å². The van der Waals surface area contributed by atoms with Crippen LogP contribution in [-0.4, -0.2) is 0 Å². The van der Waals surface area contributed by atoms with E-state index in [4.69, 9.17) is 4.42 Å². The second-order valence-electron chi connectivity index (χ2n) is 3.31. The van der Waals surface area contributed by atoms with E-state index in [9.17, 15) is 0 Å². The van der Waals surface area contributed by atoms with E-state index in [0.29, 0.717) is 11.2 Å². The lowest BCUT2D eigenvalue weighted by Crippen LogP contribution is -1.98. The zero-order chi connectivity index (χ0) is 12.4. The largest absolute Gasteiger partial charge is 0.451 e. The van der Waals surface area contributed by atoms with E-state index in [1.54, 1.807) is 0 Å². The minimum absolute atomic E-state index is 0.624. The zero-order valence-corrected chi connectivity index (χ0v) is 14.8. The van der Waals surface area contributed by atoms with Crippen LogP contribution in [0.4, 0.5) is 5.69 Å². The van der Waals surface area contributed by atoms with Gasteiger partial charge in [-0.2, -0.15) is 0 Å². The SMILES string of the molecule is Brc1ccc(Br)c(NCc2cc(Br)c(Br)o2)c1. The Labute approximate surface area is 133 Å². The molecule has 0 saturated carbocycles. The highest BCUT2D eigenvalue weighted by molar-refractivity contribution is 9.13. The molecule has 0 bridgehead atoms. The van der Waals surface area contributed by atoms with Gasteiger partial charge in [-0.3, -0.25) is 0 Å². The number of hydrogen-bond donors (Lipinski definition) is 1. The predicted molar refractivity (Wildman–Crippen MR) is 83.3 cm³/mol. The lowest BCUT2D eigenvalue weighted by molar-refractivity contribution is 0.494. The standard InChI is InChI=1S/C11H7Br4NO/c12-6-1-2-8(13)10(3-6)16-5-7-4-9(14)11(15)17-7/h1-4,16H,5H2. The molecule has 0 spiro atoms. The quantitative estimate of drug-likeness (QED) is 0.578. The average molecular weight is 489 g/mol. The third kappa shape index (κ3) is 3.59. The lowest BCUT2D eigenvalue weighted by Gasteiger charge is -2.07. The fraction of sp³-hybridized carbons (Fsp3) is 0.0909. The molecule has 1 N–H and O–H groups in total. The lowest BCUT2D eigenvalue weighted by atomic mass is 10.3. The van der Waals surface area contributed by atoms with Crippen LogP contribution in [-0.2, 0) is 6.54 Å². The maximum absolute atomic E-state index is 5.49. The van der Waals surface area contributed by atoms with Gasteiger partial charge in [0.05, 0.1) is 11.0 Å². The minimum atomic E-state index is 0.624. The van der Waals surface area contributed by atoms with E-state index in [-0.39, 0.29) is 0 Å². The van der Waals surface area contributed by atoms with Crippen LogP contribution in [0.15, 0.2) is 46.8 Å². The Morgan fingerprint density at radius 2 is 1.76 bits per heavy atom. The molecule has 0 aliphatic heterocycles. The molecule has 0 amide bonds. The molecule has 1 aromatic carbocycles. The van der Waals surface area contributed by atoms with Crippen LogP contribution in [0.1, 0.15) is 5.76 Å². The van der Waals surface area contributed by atoms with Gasteiger partial charge in [0, 0.05) is 14.6 Å². The van der Waals surface area contributed by atoms with Crippen LogP contribution < -0.4 is 5.32 Å². The molecule has 0 atom stereocenters. The molecule has 2 aromatic rings. The monoisotopic (exact) mass is 485 g/mol. The number of nitrogens with one attached hydrogen (secondary N) is 1. The Kier molecular flexibility index (Phi) is 4.74. The molecule has 0 fully saturated rings. The number of anilines is 1. The van der Waals surface area contributed by atoms with Gasteiger partial charge in [-0.1, -0.05) is 15.9 Å². The Hall–Kier alpha value is 0.220. The molecule has 0 aliphatic rings. The van der Waals surface area contributed by atoms with Gasteiger partial charge in [0.25, 0.3) is 0 Å². The summed E-state index contributed by atoms with van der Waals surface area (Å²) in [6.07, 6.45) is 0. The van der Waals surface area contributed by atoms with Crippen LogP contribution in [0.2, 0.25) is 0 Å². The highest BCUT2D eigenvalue weighted by Gasteiger charge is 2.06. The van der Waals surface area contributed by atoms with Crippen molar-refractivity contribution in [2.45, 2.75) is 6.54 Å². The minimum Gasteiger partial charge on any atom is -0.451 e. The topological polar surface area (TPSA) is 25.2 Å². The van der Waals surface area contributed by atoms with Crippen molar-refractivity contribution in [2.24, 2.45) is 0 Å². The number of benzene rings is 1. The van der Waals surface area contributed by atoms with Crippen molar-refractivity contribution in [3.05, 3.63) is 48.1 Å². The third-order valence-electron chi connectivity index (χ3n) is 2.08. The van der Waals surface area contributed by atoms with E-state index < -0.39 is 0 Å². The maximum Gasteiger partial charge on any atom is 0.183 e. The third-order valence-corrected chi connectivity index (χ3v) is 4.97. The van der Waals surface area contributed by atoms with E-state index in [2.05, 4.69) is 69.0 Å². The molecular formula is C11H7Br4NO. The van der Waals surface area contributed by atoms with Gasteiger partial charge in [0.2, 0.25) is 0 Å². The molecule has 17 heavy (non-hydrogen) atoms. The second-order valence-corrected chi connectivity index (χ2v) is 6.66. The molecule has 0 radical (unpaired) electrons. The van der Waals surface area contributed by atoms with Crippen molar-refractivity contribution in [1.82, 2.24) is 0 Å². The van der Waals surface area contributed by atoms with Crippen LogP contribution in [0.25, 0.3) is 0 Å². The van der Waals surface area contributed by atoms with Gasteiger partial charge in [-0.15, -0.1) is 0 Å². The summed E-state index contributed by atoms with van der Waals surface area (Å²) in [5, 5.41) is 3.30. The van der Waals surface area contributed by atoms with Crippen molar-refractivity contribution in [2.75, 3.05) is 5.32 Å². The Bertz CT molecular complexity index is 519. The van der Waals surface area contributed by atoms with Crippen LogP contribution >= 0.6 is 63.7 Å². The van der Waals surface area contributed by atoms with Gasteiger partial charge in [-0.25, -0.2) is 0 Å². The zero-order valence-electron chi connectivity index (χ0n) is 8.44. The van der Waals surface area contributed by atoms with Crippen LogP contribution in [0, 0.1) is 0 Å². The summed E-state index contributed by atoms with van der Waals surface area (Å²) in [5.74, 6) is 0.857. The first kappa shape index (κ1) is 13.6. The van der Waals surface area contributed by atoms with Gasteiger partial charge >= 0.3 is 0 Å². The average Bonchev–Trinajstić information content (AvgIpc) is 2.60. The van der Waals surface area contributed by atoms with Gasteiger partial charge < -0.3 is 9.73 Å². The summed E-state index contributed by atoms with van der Waals surface area (Å²) in [6, 6.07) is 7.91. The summed E-state index contributed by atoms with van der Waals surface area (Å²) in [6.45, 7) is 0.624. The van der Waals surface area contributed by atoms with Crippen LogP contribution in [0.5, 0.6) is 0 Å². The van der Waals surface area contributed by atoms with E-state index >= 15 is 0 Å². The van der Waals surface area contributed by atoms with Gasteiger partial charge in [0.15, 0.2) is 4.67 Å². The highest BCUT2D eigenvalue weighted by Crippen LogP contribution is 2.29. The predicted octanol–water partition coefficient (Wildman–Crippen LogP) is 5.94. The van der Waals surface area contributed by atoms with Crippen molar-refractivity contribution >= 4 is 69.4 Å². The summed E-state index contributed by atoms with van der Waals surface area (Å²) < 4.78 is 9.17. The first-order valence-corrected chi connectivity index (χ1v) is 7.86. The van der Waals surface area contributed by atoms with Crippen molar-refractivity contribution in [1.29, 1.82) is 0 Å². The normalized spacial score (nSPS) is 10.6. The molecule has 90 valence electrons. The summed E-state index contributed by atoms with van der Waals surface area (Å²) >= 11 is 13.6. The first-order chi connectivity index (χ1) is 8.06. The highest BCUT2D eigenvalue weighted by atomic mass is 79.9. The molecule has 2 nitrogen and oxygen atoms in total. The van der Waals surface area contributed by atoms with E-state index in [1.807, 2.05) is 24.3 Å².